The maximum Gasteiger partial charge on any atom is 0.586 e. The number of carbonyl (C=O) groups is 1. The van der Waals surface area contributed by atoms with E-state index >= 15 is 0 Å². The van der Waals surface area contributed by atoms with Gasteiger partial charge in [0.2, 0.25) is 5.91 Å². The lowest BCUT2D eigenvalue weighted by atomic mass is 9.88. The summed E-state index contributed by atoms with van der Waals surface area (Å²) in [5.74, 6) is -0.258. The van der Waals surface area contributed by atoms with E-state index < -0.39 is 11.7 Å². The Balaban J connectivity index is 1.58. The molecule has 2 heterocycles. The fourth-order valence-electron chi connectivity index (χ4n) is 4.95. The standard InChI is InChI=1S/C32H33F2NO4/c1-5-9-11-14-22(8-4)27-20-25(21-28(37-27)23(12-7-3)13-10-6-2)35-30(36)31(17-18-31)24-15-16-26-29(19-24)39-32(33,34)38-26/h5-16,19,25,27-28H,1-4,17-18,20-21H2,(H,35,36)/b11-9-,13-10-,22-14+,23-12+/t25-,27-,28+/m0/s1. The molecule has 2 aliphatic heterocycles. The van der Waals surface area contributed by atoms with E-state index in [2.05, 4.69) is 41.1 Å². The van der Waals surface area contributed by atoms with Gasteiger partial charge in [-0.1, -0.05) is 93.1 Å². The van der Waals surface area contributed by atoms with E-state index in [4.69, 9.17) is 4.74 Å². The molecule has 1 aliphatic carbocycles. The third kappa shape index (κ3) is 6.37. The second kappa shape index (κ2) is 11.8. The number of nitrogens with one attached hydrogen (secondary N) is 1. The molecule has 0 unspecified atom stereocenters. The van der Waals surface area contributed by atoms with E-state index in [9.17, 15) is 13.6 Å². The summed E-state index contributed by atoms with van der Waals surface area (Å²) in [5, 5.41) is 3.23. The molecule has 0 radical (unpaired) electrons. The summed E-state index contributed by atoms with van der Waals surface area (Å²) in [5.41, 5.74) is 1.60. The van der Waals surface area contributed by atoms with Gasteiger partial charge < -0.3 is 19.5 Å². The highest BCUT2D eigenvalue weighted by molar-refractivity contribution is 5.91. The van der Waals surface area contributed by atoms with Crippen LogP contribution in [-0.4, -0.2) is 30.5 Å². The first-order valence-corrected chi connectivity index (χ1v) is 12.9. The molecular formula is C32H33F2NO4. The monoisotopic (exact) mass is 533 g/mol. The Bertz CT molecular complexity index is 1270. The minimum Gasteiger partial charge on any atom is -0.395 e. The van der Waals surface area contributed by atoms with E-state index in [1.807, 2.05) is 36.5 Å². The molecule has 5 nitrogen and oxygen atoms in total. The van der Waals surface area contributed by atoms with Gasteiger partial charge in [-0.15, -0.1) is 8.78 Å². The number of rotatable bonds is 11. The molecule has 39 heavy (non-hydrogen) atoms. The first kappa shape index (κ1) is 28.0. The molecule has 1 N–H and O–H groups in total. The number of benzene rings is 1. The zero-order valence-electron chi connectivity index (χ0n) is 21.8. The van der Waals surface area contributed by atoms with Crippen molar-refractivity contribution in [2.75, 3.05) is 0 Å². The van der Waals surface area contributed by atoms with E-state index in [0.717, 1.165) is 11.1 Å². The summed E-state index contributed by atoms with van der Waals surface area (Å²) >= 11 is 0. The van der Waals surface area contributed by atoms with Gasteiger partial charge in [0, 0.05) is 6.04 Å². The zero-order valence-corrected chi connectivity index (χ0v) is 21.8. The van der Waals surface area contributed by atoms with E-state index in [1.54, 1.807) is 30.4 Å². The van der Waals surface area contributed by atoms with Gasteiger partial charge in [0.25, 0.3) is 0 Å². The largest absolute Gasteiger partial charge is 0.586 e. The maximum atomic E-state index is 13.7. The molecule has 1 aromatic rings. The molecule has 1 saturated heterocycles. The van der Waals surface area contributed by atoms with Crippen molar-refractivity contribution in [1.29, 1.82) is 0 Å². The highest BCUT2D eigenvalue weighted by atomic mass is 19.3. The number of fused-ring (bicyclic) bond motifs is 1. The van der Waals surface area contributed by atoms with Crippen molar-refractivity contribution in [3.05, 3.63) is 122 Å². The second-order valence-electron chi connectivity index (χ2n) is 9.65. The Morgan fingerprint density at radius 2 is 1.59 bits per heavy atom. The fourth-order valence-corrected chi connectivity index (χ4v) is 4.95. The number of halogens is 2. The highest BCUT2D eigenvalue weighted by Gasteiger charge is 2.53. The zero-order chi connectivity index (χ0) is 28.0. The quantitative estimate of drug-likeness (QED) is 0.319. The van der Waals surface area contributed by atoms with Crippen LogP contribution in [0.15, 0.2) is 116 Å². The average molecular weight is 534 g/mol. The topological polar surface area (TPSA) is 56.8 Å². The molecule has 0 bridgehead atoms. The molecule has 2 fully saturated rings. The van der Waals surface area contributed by atoms with Crippen LogP contribution in [0.5, 0.6) is 11.5 Å². The van der Waals surface area contributed by atoms with Crippen molar-refractivity contribution in [2.24, 2.45) is 0 Å². The number of alkyl halides is 2. The Labute approximate surface area is 228 Å². The van der Waals surface area contributed by atoms with Crippen LogP contribution in [0.1, 0.15) is 31.2 Å². The molecule has 3 aliphatic rings. The van der Waals surface area contributed by atoms with Gasteiger partial charge in [-0.25, -0.2) is 0 Å². The van der Waals surface area contributed by atoms with Crippen LogP contribution in [0.3, 0.4) is 0 Å². The predicted molar refractivity (Wildman–Crippen MR) is 149 cm³/mol. The lowest BCUT2D eigenvalue weighted by Gasteiger charge is -2.37. The van der Waals surface area contributed by atoms with Crippen LogP contribution >= 0.6 is 0 Å². The molecule has 1 saturated carbocycles. The van der Waals surface area contributed by atoms with Crippen LogP contribution in [0.2, 0.25) is 0 Å². The summed E-state index contributed by atoms with van der Waals surface area (Å²) in [4.78, 5) is 13.7. The first-order valence-electron chi connectivity index (χ1n) is 12.9. The average Bonchev–Trinajstić information content (AvgIpc) is 3.66. The van der Waals surface area contributed by atoms with E-state index in [1.165, 1.54) is 12.1 Å². The Hall–Kier alpha value is -3.97. The third-order valence-corrected chi connectivity index (χ3v) is 7.05. The van der Waals surface area contributed by atoms with Crippen LogP contribution in [0.25, 0.3) is 0 Å². The van der Waals surface area contributed by atoms with Crippen molar-refractivity contribution < 1.29 is 27.8 Å². The van der Waals surface area contributed by atoms with Crippen LogP contribution in [0.4, 0.5) is 8.78 Å². The van der Waals surface area contributed by atoms with Gasteiger partial charge >= 0.3 is 6.29 Å². The maximum absolute atomic E-state index is 13.7. The van der Waals surface area contributed by atoms with Gasteiger partial charge in [-0.05, 0) is 54.5 Å². The molecule has 4 rings (SSSR count). The van der Waals surface area contributed by atoms with Crippen LogP contribution in [-0.2, 0) is 14.9 Å². The summed E-state index contributed by atoms with van der Waals surface area (Å²) in [7, 11) is 0. The summed E-state index contributed by atoms with van der Waals surface area (Å²) < 4.78 is 42.7. The minimum atomic E-state index is -3.71. The number of carbonyl (C=O) groups excluding carboxylic acids is 1. The van der Waals surface area contributed by atoms with Crippen LogP contribution < -0.4 is 14.8 Å². The Kier molecular flexibility index (Phi) is 8.51. The van der Waals surface area contributed by atoms with Crippen molar-refractivity contribution in [3.63, 3.8) is 0 Å². The molecule has 204 valence electrons. The molecule has 7 heteroatoms. The van der Waals surface area contributed by atoms with Gasteiger partial charge in [0.05, 0.1) is 17.6 Å². The van der Waals surface area contributed by atoms with Gasteiger partial charge in [0.1, 0.15) is 0 Å². The summed E-state index contributed by atoms with van der Waals surface area (Å²) in [6.07, 6.45) is 16.0. The third-order valence-electron chi connectivity index (χ3n) is 7.05. The van der Waals surface area contributed by atoms with Crippen LogP contribution in [0, 0.1) is 0 Å². The molecule has 0 spiro atoms. The number of ether oxygens (including phenoxy) is 3. The van der Waals surface area contributed by atoms with Crippen molar-refractivity contribution in [1.82, 2.24) is 5.32 Å². The van der Waals surface area contributed by atoms with Gasteiger partial charge in [-0.3, -0.25) is 4.79 Å². The number of hydrogen-bond acceptors (Lipinski definition) is 4. The number of hydrogen-bond donors (Lipinski definition) is 1. The smallest absolute Gasteiger partial charge is 0.395 e. The molecule has 1 amide bonds. The SMILES string of the molecule is C=C/C=C\C=C(/C=C)[C@@H]1C[C@H](NC(=O)C2(c3ccc4c(c3)OC(F)(F)O4)CC2)C[C@H](C(/C=C\C=C)=C/C=C)O1. The Morgan fingerprint density at radius 1 is 0.897 bits per heavy atom. The molecule has 3 atom stereocenters. The second-order valence-corrected chi connectivity index (χ2v) is 9.65. The van der Waals surface area contributed by atoms with Crippen molar-refractivity contribution in [2.45, 2.75) is 55.6 Å². The first-order chi connectivity index (χ1) is 18.7. The highest BCUT2D eigenvalue weighted by Crippen LogP contribution is 2.52. The molecule has 0 aromatic heterocycles. The minimum absolute atomic E-state index is 0.0431. The molecule has 1 aromatic carbocycles. The fraction of sp³-hybridized carbons (Fsp3) is 0.281. The number of amides is 1. The normalized spacial score (nSPS) is 25.3. The van der Waals surface area contributed by atoms with Gasteiger partial charge in [-0.2, -0.15) is 0 Å². The Morgan fingerprint density at radius 3 is 2.23 bits per heavy atom. The lowest BCUT2D eigenvalue weighted by Crippen LogP contribution is -2.49. The molecular weight excluding hydrogens is 500 g/mol. The van der Waals surface area contributed by atoms with Crippen molar-refractivity contribution in [3.8, 4) is 11.5 Å². The van der Waals surface area contributed by atoms with Gasteiger partial charge in [0.15, 0.2) is 11.5 Å². The van der Waals surface area contributed by atoms with E-state index in [-0.39, 0.29) is 35.7 Å². The lowest BCUT2D eigenvalue weighted by molar-refractivity contribution is -0.286. The number of allylic oxidation sites excluding steroid dienone is 8. The summed E-state index contributed by atoms with van der Waals surface area (Å²) in [6.45, 7) is 15.2. The van der Waals surface area contributed by atoms with Crippen molar-refractivity contribution >= 4 is 5.91 Å². The predicted octanol–water partition coefficient (Wildman–Crippen LogP) is 6.78. The van der Waals surface area contributed by atoms with E-state index in [0.29, 0.717) is 31.2 Å². The summed E-state index contributed by atoms with van der Waals surface area (Å²) in [6, 6.07) is 4.35.